The molecular formula is C26H19F3N6O2. The van der Waals surface area contributed by atoms with Gasteiger partial charge in [0, 0.05) is 16.9 Å². The number of nitrogens with one attached hydrogen (secondary N) is 2. The van der Waals surface area contributed by atoms with Gasteiger partial charge in [0.15, 0.2) is 11.5 Å². The van der Waals surface area contributed by atoms with E-state index in [-0.39, 0.29) is 11.3 Å². The number of hydrogen-bond acceptors (Lipinski definition) is 6. The van der Waals surface area contributed by atoms with Gasteiger partial charge in [0.25, 0.3) is 5.91 Å². The number of nitrogens with zero attached hydrogens (tertiary/aromatic N) is 4. The van der Waals surface area contributed by atoms with Crippen LogP contribution in [0.2, 0.25) is 0 Å². The predicted molar refractivity (Wildman–Crippen MR) is 132 cm³/mol. The Bertz CT molecular complexity index is 1600. The van der Waals surface area contributed by atoms with Gasteiger partial charge in [-0.05, 0) is 67.1 Å². The molecule has 0 aliphatic heterocycles. The normalized spacial score (nSPS) is 11.5. The number of benzene rings is 3. The number of rotatable bonds is 5. The number of phenols is 1. The first kappa shape index (κ1) is 23.8. The molecule has 0 unspecified atom stereocenters. The zero-order valence-electron chi connectivity index (χ0n) is 19.3. The fourth-order valence-electron chi connectivity index (χ4n) is 3.88. The fourth-order valence-corrected chi connectivity index (χ4v) is 3.88. The number of carbonyl (C=O) groups excluding carboxylic acids is 1. The Labute approximate surface area is 208 Å². The van der Waals surface area contributed by atoms with Crippen molar-refractivity contribution >= 4 is 39.8 Å². The number of amides is 1. The van der Waals surface area contributed by atoms with E-state index in [1.807, 2.05) is 11.8 Å². The van der Waals surface area contributed by atoms with Gasteiger partial charge in [-0.15, -0.1) is 0 Å². The van der Waals surface area contributed by atoms with E-state index < -0.39 is 17.6 Å². The molecule has 2 heterocycles. The van der Waals surface area contributed by atoms with Crippen LogP contribution in [0.5, 0.6) is 5.75 Å². The van der Waals surface area contributed by atoms with Crippen LogP contribution < -0.4 is 10.2 Å². The highest BCUT2D eigenvalue weighted by Crippen LogP contribution is 2.39. The molecule has 5 rings (SSSR count). The van der Waals surface area contributed by atoms with Crippen LogP contribution >= 0.6 is 0 Å². The minimum atomic E-state index is -4.56. The summed E-state index contributed by atoms with van der Waals surface area (Å²) in [7, 11) is 0. The Morgan fingerprint density at radius 1 is 1.03 bits per heavy atom. The Hall–Kier alpha value is -4.93. The van der Waals surface area contributed by atoms with Gasteiger partial charge < -0.3 is 10.4 Å². The quantitative estimate of drug-likeness (QED) is 0.267. The second kappa shape index (κ2) is 9.26. The van der Waals surface area contributed by atoms with Crippen molar-refractivity contribution in [3.05, 3.63) is 95.9 Å². The largest absolute Gasteiger partial charge is 0.508 e. The summed E-state index contributed by atoms with van der Waals surface area (Å²) in [6.07, 6.45) is -1.58. The third-order valence-electron chi connectivity index (χ3n) is 5.71. The molecule has 0 radical (unpaired) electrons. The number of halogens is 3. The topological polar surface area (TPSA) is 107 Å². The smallest absolute Gasteiger partial charge is 0.416 e. The molecule has 0 spiro atoms. The Morgan fingerprint density at radius 3 is 2.57 bits per heavy atom. The third-order valence-corrected chi connectivity index (χ3v) is 5.71. The lowest BCUT2D eigenvalue weighted by Crippen LogP contribution is -2.16. The van der Waals surface area contributed by atoms with Gasteiger partial charge in [-0.1, -0.05) is 12.1 Å². The van der Waals surface area contributed by atoms with Crippen molar-refractivity contribution in [3.63, 3.8) is 0 Å². The number of H-pyrrole nitrogens is 1. The number of alkyl halides is 3. The SMILES string of the molecule is Cc1ccc(NC(=O)c2cccc(C(F)(F)F)c2)cc1N(c1ccc(O)cc1)c1ncnc2[nH]ncc12. The zero-order chi connectivity index (χ0) is 26.2. The number of phenolic OH excluding ortho intramolecular Hbond substituents is 1. The number of aromatic hydroxyl groups is 1. The van der Waals surface area contributed by atoms with Crippen LogP contribution in [0.3, 0.4) is 0 Å². The summed E-state index contributed by atoms with van der Waals surface area (Å²) in [5.41, 5.74) is 1.96. The molecule has 0 aliphatic rings. The molecule has 186 valence electrons. The summed E-state index contributed by atoms with van der Waals surface area (Å²) in [5.74, 6) is -0.107. The average molecular weight is 504 g/mol. The predicted octanol–water partition coefficient (Wildman–Crippen LogP) is 6.11. The summed E-state index contributed by atoms with van der Waals surface area (Å²) < 4.78 is 39.3. The van der Waals surface area contributed by atoms with Crippen LogP contribution in [0.25, 0.3) is 11.0 Å². The van der Waals surface area contributed by atoms with Crippen LogP contribution in [-0.4, -0.2) is 31.2 Å². The van der Waals surface area contributed by atoms with Gasteiger partial charge >= 0.3 is 6.18 Å². The first-order valence-corrected chi connectivity index (χ1v) is 11.0. The minimum absolute atomic E-state index is 0.0821. The molecule has 0 aliphatic carbocycles. The molecule has 0 atom stereocenters. The third kappa shape index (κ3) is 4.79. The van der Waals surface area contributed by atoms with Gasteiger partial charge in [-0.3, -0.25) is 14.8 Å². The molecule has 8 nitrogen and oxygen atoms in total. The summed E-state index contributed by atoms with van der Waals surface area (Å²) in [6, 6.07) is 15.8. The van der Waals surface area contributed by atoms with E-state index in [0.29, 0.717) is 33.9 Å². The van der Waals surface area contributed by atoms with E-state index in [0.717, 1.165) is 17.7 Å². The first-order valence-electron chi connectivity index (χ1n) is 11.0. The molecule has 0 fully saturated rings. The van der Waals surface area contributed by atoms with Crippen LogP contribution in [0.1, 0.15) is 21.5 Å². The van der Waals surface area contributed by atoms with Gasteiger partial charge in [-0.2, -0.15) is 18.3 Å². The van der Waals surface area contributed by atoms with E-state index in [1.54, 1.807) is 36.5 Å². The van der Waals surface area contributed by atoms with Gasteiger partial charge in [-0.25, -0.2) is 9.97 Å². The Morgan fingerprint density at radius 2 is 1.81 bits per heavy atom. The molecule has 5 aromatic rings. The maximum absolute atomic E-state index is 13.1. The lowest BCUT2D eigenvalue weighted by molar-refractivity contribution is -0.137. The number of hydrogen-bond donors (Lipinski definition) is 3. The summed E-state index contributed by atoms with van der Waals surface area (Å²) >= 11 is 0. The van der Waals surface area contributed by atoms with Gasteiger partial charge in [0.05, 0.1) is 22.8 Å². The number of aromatic nitrogens is 4. The Balaban J connectivity index is 1.57. The zero-order valence-corrected chi connectivity index (χ0v) is 19.3. The standard InChI is InChI=1S/C26H19F3N6O2/c1-15-5-6-18(33-25(37)16-3-2-4-17(11-16)26(27,28)29)12-22(15)35(19-7-9-20(36)10-8-19)24-21-13-32-34-23(21)30-14-31-24/h2-14,36H,1H3,(H,33,37)(H,30,31,32,34). The molecule has 0 saturated carbocycles. The van der Waals surface area contributed by atoms with E-state index in [2.05, 4.69) is 25.5 Å². The number of aromatic amines is 1. The average Bonchev–Trinajstić information content (AvgIpc) is 3.36. The van der Waals surface area contributed by atoms with Crippen molar-refractivity contribution in [1.82, 2.24) is 20.2 Å². The first-order chi connectivity index (χ1) is 17.7. The fraction of sp³-hybridized carbons (Fsp3) is 0.0769. The highest BCUT2D eigenvalue weighted by Gasteiger charge is 2.31. The molecule has 37 heavy (non-hydrogen) atoms. The monoisotopic (exact) mass is 504 g/mol. The highest BCUT2D eigenvalue weighted by atomic mass is 19.4. The second-order valence-electron chi connectivity index (χ2n) is 8.22. The van der Waals surface area contributed by atoms with Crippen molar-refractivity contribution in [1.29, 1.82) is 0 Å². The van der Waals surface area contributed by atoms with Crippen molar-refractivity contribution in [2.24, 2.45) is 0 Å². The molecular weight excluding hydrogens is 485 g/mol. The van der Waals surface area contributed by atoms with Crippen molar-refractivity contribution in [2.75, 3.05) is 10.2 Å². The maximum atomic E-state index is 13.1. The molecule has 0 bridgehead atoms. The molecule has 1 amide bonds. The second-order valence-corrected chi connectivity index (χ2v) is 8.22. The number of anilines is 4. The van der Waals surface area contributed by atoms with Crippen LogP contribution in [0, 0.1) is 6.92 Å². The molecule has 0 saturated heterocycles. The molecule has 2 aromatic heterocycles. The molecule has 11 heteroatoms. The van der Waals surface area contributed by atoms with Gasteiger partial charge in [0.1, 0.15) is 12.1 Å². The van der Waals surface area contributed by atoms with Gasteiger partial charge in [0.2, 0.25) is 0 Å². The van der Waals surface area contributed by atoms with E-state index in [1.165, 1.54) is 30.6 Å². The van der Waals surface area contributed by atoms with Crippen LogP contribution in [0.15, 0.2) is 79.3 Å². The van der Waals surface area contributed by atoms with E-state index in [4.69, 9.17) is 0 Å². The Kier molecular flexibility index (Phi) is 5.96. The van der Waals surface area contributed by atoms with Crippen molar-refractivity contribution < 1.29 is 23.1 Å². The summed E-state index contributed by atoms with van der Waals surface area (Å²) in [5, 5.41) is 20.0. The highest BCUT2D eigenvalue weighted by molar-refractivity contribution is 6.05. The van der Waals surface area contributed by atoms with E-state index in [9.17, 15) is 23.1 Å². The van der Waals surface area contributed by atoms with Crippen molar-refractivity contribution in [3.8, 4) is 5.75 Å². The number of carbonyl (C=O) groups is 1. The number of aryl methyl sites for hydroxylation is 1. The lowest BCUT2D eigenvalue weighted by atomic mass is 10.1. The van der Waals surface area contributed by atoms with Crippen LogP contribution in [-0.2, 0) is 6.18 Å². The van der Waals surface area contributed by atoms with Crippen molar-refractivity contribution in [2.45, 2.75) is 13.1 Å². The minimum Gasteiger partial charge on any atom is -0.508 e. The molecule has 3 N–H and O–H groups in total. The molecule has 3 aromatic carbocycles. The summed E-state index contributed by atoms with van der Waals surface area (Å²) in [6.45, 7) is 1.87. The van der Waals surface area contributed by atoms with E-state index >= 15 is 0 Å². The van der Waals surface area contributed by atoms with Crippen LogP contribution in [0.4, 0.5) is 36.1 Å². The number of fused-ring (bicyclic) bond motifs is 1. The maximum Gasteiger partial charge on any atom is 0.416 e. The summed E-state index contributed by atoms with van der Waals surface area (Å²) in [4.78, 5) is 23.3. The lowest BCUT2D eigenvalue weighted by Gasteiger charge is -2.26.